The Morgan fingerprint density at radius 1 is 1.34 bits per heavy atom. The number of hydrazone groups is 1. The molecular formula is C20H22N6O2S. The molecule has 0 bridgehead atoms. The fourth-order valence-corrected chi connectivity index (χ4v) is 3.53. The smallest absolute Gasteiger partial charge is 0.238 e. The Labute approximate surface area is 173 Å². The fraction of sp³-hybridized carbons (Fsp3) is 0.200. The summed E-state index contributed by atoms with van der Waals surface area (Å²) in [6.07, 6.45) is 0. The number of nitrogens with two attached hydrogens (primary N) is 1. The number of nitrogens with one attached hydrogen (secondary N) is 3. The van der Waals surface area contributed by atoms with Crippen molar-refractivity contribution in [2.75, 3.05) is 24.7 Å². The number of methoxy groups -OCH3 is 1. The highest BCUT2D eigenvalue weighted by atomic mass is 32.2. The Hall–Kier alpha value is -3.17. The van der Waals surface area contributed by atoms with Gasteiger partial charge in [-0.3, -0.25) is 15.6 Å². The largest absolute Gasteiger partial charge is 0.496 e. The summed E-state index contributed by atoms with van der Waals surface area (Å²) in [5.74, 6) is 0.814. The van der Waals surface area contributed by atoms with Crippen LogP contribution in [0.1, 0.15) is 16.7 Å². The van der Waals surface area contributed by atoms with Crippen molar-refractivity contribution in [3.05, 3.63) is 59.2 Å². The maximum Gasteiger partial charge on any atom is 0.238 e. The molecule has 0 unspecified atom stereocenters. The number of aryl methyl sites for hydroxylation is 1. The van der Waals surface area contributed by atoms with Gasteiger partial charge in [0.25, 0.3) is 0 Å². The number of amides is 1. The summed E-state index contributed by atoms with van der Waals surface area (Å²) >= 11 is 1.28. The molecule has 0 atom stereocenters. The van der Waals surface area contributed by atoms with Crippen LogP contribution in [0.2, 0.25) is 0 Å². The van der Waals surface area contributed by atoms with Gasteiger partial charge in [-0.2, -0.15) is 10.1 Å². The van der Waals surface area contributed by atoms with Crippen LogP contribution in [0.3, 0.4) is 0 Å². The lowest BCUT2D eigenvalue weighted by molar-refractivity contribution is -0.114. The predicted octanol–water partition coefficient (Wildman–Crippen LogP) is 2.61. The number of carbonyl (C=O) groups excluding carboxylic acids is 1. The summed E-state index contributed by atoms with van der Waals surface area (Å²) in [6.45, 7) is 1.80. The molecule has 0 aliphatic carbocycles. The Kier molecular flexibility index (Phi) is 6.30. The lowest BCUT2D eigenvalue weighted by Gasteiger charge is -2.26. The predicted molar refractivity (Wildman–Crippen MR) is 117 cm³/mol. The molecule has 0 fully saturated rings. The van der Waals surface area contributed by atoms with E-state index in [0.717, 1.165) is 11.1 Å². The average molecular weight is 411 g/mol. The van der Waals surface area contributed by atoms with E-state index < -0.39 is 0 Å². The molecule has 1 aliphatic rings. The van der Waals surface area contributed by atoms with Crippen LogP contribution in [-0.4, -0.2) is 47.0 Å². The van der Waals surface area contributed by atoms with Crippen molar-refractivity contribution in [1.82, 2.24) is 5.01 Å². The highest BCUT2D eigenvalue weighted by Crippen LogP contribution is 2.26. The van der Waals surface area contributed by atoms with Gasteiger partial charge in [-0.15, -0.1) is 0 Å². The molecule has 0 aromatic heterocycles. The van der Waals surface area contributed by atoms with Crippen LogP contribution < -0.4 is 15.8 Å². The van der Waals surface area contributed by atoms with Gasteiger partial charge in [0.2, 0.25) is 5.91 Å². The van der Waals surface area contributed by atoms with Crippen molar-refractivity contribution in [3.8, 4) is 5.75 Å². The molecule has 1 heterocycles. The van der Waals surface area contributed by atoms with Crippen molar-refractivity contribution in [2.45, 2.75) is 6.92 Å². The zero-order valence-corrected chi connectivity index (χ0v) is 17.0. The highest BCUT2D eigenvalue weighted by Gasteiger charge is 2.25. The average Bonchev–Trinajstić information content (AvgIpc) is 2.75. The molecule has 3 rings (SSSR count). The third kappa shape index (κ3) is 4.47. The molecular weight excluding hydrogens is 388 g/mol. The Balaban J connectivity index is 1.95. The summed E-state index contributed by atoms with van der Waals surface area (Å²) in [6, 6.07) is 12.8. The Bertz CT molecular complexity index is 1000. The molecule has 9 heteroatoms. The van der Waals surface area contributed by atoms with Crippen molar-refractivity contribution in [1.29, 1.82) is 10.8 Å². The second-order valence-corrected chi connectivity index (χ2v) is 7.25. The molecule has 1 amide bonds. The molecule has 29 heavy (non-hydrogen) atoms. The fourth-order valence-electron chi connectivity index (χ4n) is 2.78. The first-order valence-electron chi connectivity index (χ1n) is 8.86. The third-order valence-electron chi connectivity index (χ3n) is 4.36. The van der Waals surface area contributed by atoms with E-state index in [1.807, 2.05) is 37.3 Å². The molecule has 0 saturated carbocycles. The van der Waals surface area contributed by atoms with Crippen LogP contribution in [-0.2, 0) is 4.79 Å². The molecule has 150 valence electrons. The van der Waals surface area contributed by atoms with Crippen molar-refractivity contribution < 1.29 is 9.53 Å². The summed E-state index contributed by atoms with van der Waals surface area (Å²) in [5, 5.41) is 25.6. The molecule has 8 nitrogen and oxygen atoms in total. The molecule has 0 spiro atoms. The third-order valence-corrected chi connectivity index (χ3v) is 5.23. The maximum absolute atomic E-state index is 11.7. The number of nitrogens with zero attached hydrogens (tertiary/aromatic N) is 2. The van der Waals surface area contributed by atoms with Crippen LogP contribution in [0, 0.1) is 17.7 Å². The van der Waals surface area contributed by atoms with Gasteiger partial charge in [0, 0.05) is 17.0 Å². The number of hydrogen-bond donors (Lipinski definition) is 4. The summed E-state index contributed by atoms with van der Waals surface area (Å²) in [5.41, 5.74) is 9.02. The standard InChI is InChI=1S/C20H22N6O2S/c1-12-7-8-13(9-15(12)24-18(27)10-21)16-11-29-20(23)26(25-16)19(22)14-5-3-4-6-17(14)28-2/h3-9,22-23H,10-11,21H2,1-2H3,(H,24,27). The number of anilines is 1. The molecule has 5 N–H and O–H groups in total. The van der Waals surface area contributed by atoms with Gasteiger partial charge in [0.1, 0.15) is 5.75 Å². The minimum Gasteiger partial charge on any atom is -0.496 e. The Morgan fingerprint density at radius 2 is 2.10 bits per heavy atom. The van der Waals surface area contributed by atoms with E-state index in [2.05, 4.69) is 10.4 Å². The number of hydrogen-bond acceptors (Lipinski definition) is 7. The van der Waals surface area contributed by atoms with Gasteiger partial charge in [-0.25, -0.2) is 0 Å². The van der Waals surface area contributed by atoms with E-state index in [1.54, 1.807) is 19.2 Å². The highest BCUT2D eigenvalue weighted by molar-refractivity contribution is 8.14. The summed E-state index contributed by atoms with van der Waals surface area (Å²) < 4.78 is 5.34. The van der Waals surface area contributed by atoms with Gasteiger partial charge in [-0.1, -0.05) is 36.0 Å². The topological polar surface area (TPSA) is 128 Å². The van der Waals surface area contributed by atoms with E-state index in [4.69, 9.17) is 21.3 Å². The first-order valence-corrected chi connectivity index (χ1v) is 9.85. The van der Waals surface area contributed by atoms with Crippen molar-refractivity contribution in [2.24, 2.45) is 10.8 Å². The summed E-state index contributed by atoms with van der Waals surface area (Å²) in [7, 11) is 1.54. The summed E-state index contributed by atoms with van der Waals surface area (Å²) in [4.78, 5) is 11.7. The molecule has 1 aliphatic heterocycles. The lowest BCUT2D eigenvalue weighted by Crippen LogP contribution is -2.35. The first-order chi connectivity index (χ1) is 13.9. The number of thioether (sulfide) groups is 1. The minimum atomic E-state index is -0.272. The SMILES string of the molecule is COc1ccccc1C(=N)N1N=C(c2ccc(C)c(NC(=O)CN)c2)CSC1=N. The van der Waals surface area contributed by atoms with Gasteiger partial charge in [0.05, 0.1) is 24.9 Å². The number of para-hydroxylation sites is 1. The van der Waals surface area contributed by atoms with Gasteiger partial charge < -0.3 is 15.8 Å². The number of benzene rings is 2. The quantitative estimate of drug-likeness (QED) is 0.445. The minimum absolute atomic E-state index is 0.0564. The number of amidine groups is 2. The Morgan fingerprint density at radius 3 is 2.83 bits per heavy atom. The number of carbonyl (C=O) groups is 1. The van der Waals surface area contributed by atoms with Crippen molar-refractivity contribution >= 4 is 40.1 Å². The zero-order chi connectivity index (χ0) is 21.0. The van der Waals surface area contributed by atoms with E-state index in [1.165, 1.54) is 16.8 Å². The monoisotopic (exact) mass is 410 g/mol. The first kappa shape index (κ1) is 20.6. The van der Waals surface area contributed by atoms with E-state index in [0.29, 0.717) is 28.5 Å². The molecule has 0 saturated heterocycles. The van der Waals surface area contributed by atoms with Gasteiger partial charge >= 0.3 is 0 Å². The van der Waals surface area contributed by atoms with E-state index in [9.17, 15) is 4.79 Å². The number of ether oxygens (including phenoxy) is 1. The van der Waals surface area contributed by atoms with Crippen LogP contribution in [0.15, 0.2) is 47.6 Å². The van der Waals surface area contributed by atoms with Crippen LogP contribution >= 0.6 is 11.8 Å². The number of rotatable bonds is 5. The second kappa shape index (κ2) is 8.89. The maximum atomic E-state index is 11.7. The van der Waals surface area contributed by atoms with Gasteiger partial charge in [0.15, 0.2) is 11.0 Å². The molecule has 2 aromatic carbocycles. The zero-order valence-electron chi connectivity index (χ0n) is 16.2. The van der Waals surface area contributed by atoms with E-state index >= 15 is 0 Å². The van der Waals surface area contributed by atoms with Crippen LogP contribution in [0.5, 0.6) is 5.75 Å². The van der Waals surface area contributed by atoms with E-state index in [-0.39, 0.29) is 23.5 Å². The van der Waals surface area contributed by atoms with Crippen LogP contribution in [0.25, 0.3) is 0 Å². The molecule has 2 aromatic rings. The van der Waals surface area contributed by atoms with Crippen LogP contribution in [0.4, 0.5) is 5.69 Å². The normalized spacial score (nSPS) is 13.7. The second-order valence-electron chi connectivity index (χ2n) is 6.28. The molecule has 0 radical (unpaired) electrons. The van der Waals surface area contributed by atoms with Gasteiger partial charge in [-0.05, 0) is 30.7 Å². The lowest BCUT2D eigenvalue weighted by atomic mass is 10.1. The van der Waals surface area contributed by atoms with Crippen molar-refractivity contribution in [3.63, 3.8) is 0 Å².